The smallest absolute Gasteiger partial charge is 0.250 e. The molecule has 3 rings (SSSR count). The number of carbonyl (C=O) groups excluding carboxylic acids is 2. The molecule has 2 amide bonds. The standard InChI is InChI=1S/C21H28N6O2/c1-14(2)21-23-15(3)12-18(25-21)27-10-8-26(9-11-27)13-19(28)24-17-7-5-4-6-16(17)20(22)29/h4-7,12,14H,8-11,13H2,1-3H3,(H2,22,29)(H,24,28). The van der Waals surface area contributed by atoms with Crippen molar-refractivity contribution in [2.45, 2.75) is 26.7 Å². The van der Waals surface area contributed by atoms with Crippen molar-refractivity contribution in [3.63, 3.8) is 0 Å². The fourth-order valence-electron chi connectivity index (χ4n) is 3.33. The Balaban J connectivity index is 1.56. The molecule has 8 nitrogen and oxygen atoms in total. The van der Waals surface area contributed by atoms with E-state index in [9.17, 15) is 9.59 Å². The number of rotatable bonds is 6. The summed E-state index contributed by atoms with van der Waals surface area (Å²) in [6.07, 6.45) is 0. The Morgan fingerprint density at radius 3 is 2.48 bits per heavy atom. The summed E-state index contributed by atoms with van der Waals surface area (Å²) in [7, 11) is 0. The molecule has 2 heterocycles. The SMILES string of the molecule is Cc1cc(N2CCN(CC(=O)Nc3ccccc3C(N)=O)CC2)nc(C(C)C)n1. The van der Waals surface area contributed by atoms with Gasteiger partial charge in [0.15, 0.2) is 0 Å². The Morgan fingerprint density at radius 2 is 1.83 bits per heavy atom. The average Bonchev–Trinajstić information content (AvgIpc) is 2.68. The van der Waals surface area contributed by atoms with Crippen LogP contribution in [-0.4, -0.2) is 59.4 Å². The van der Waals surface area contributed by atoms with Crippen molar-refractivity contribution >= 4 is 23.3 Å². The lowest BCUT2D eigenvalue weighted by molar-refractivity contribution is -0.117. The molecule has 0 spiro atoms. The van der Waals surface area contributed by atoms with Crippen LogP contribution in [0.4, 0.5) is 11.5 Å². The fraction of sp³-hybridized carbons (Fsp3) is 0.429. The molecule has 0 bridgehead atoms. The molecule has 154 valence electrons. The number of hydrogen-bond acceptors (Lipinski definition) is 6. The summed E-state index contributed by atoms with van der Waals surface area (Å²) >= 11 is 0. The van der Waals surface area contributed by atoms with Crippen LogP contribution in [0.15, 0.2) is 30.3 Å². The highest BCUT2D eigenvalue weighted by Gasteiger charge is 2.21. The highest BCUT2D eigenvalue weighted by Crippen LogP contribution is 2.19. The minimum atomic E-state index is -0.560. The van der Waals surface area contributed by atoms with Crippen molar-refractivity contribution < 1.29 is 9.59 Å². The van der Waals surface area contributed by atoms with Gasteiger partial charge in [-0.1, -0.05) is 26.0 Å². The highest BCUT2D eigenvalue weighted by atomic mass is 16.2. The molecule has 8 heteroatoms. The van der Waals surface area contributed by atoms with Gasteiger partial charge >= 0.3 is 0 Å². The minimum absolute atomic E-state index is 0.160. The molecule has 0 saturated carbocycles. The summed E-state index contributed by atoms with van der Waals surface area (Å²) in [6.45, 7) is 9.52. The predicted molar refractivity (Wildman–Crippen MR) is 113 cm³/mol. The maximum atomic E-state index is 12.4. The molecule has 3 N–H and O–H groups in total. The zero-order valence-corrected chi connectivity index (χ0v) is 17.2. The van der Waals surface area contributed by atoms with Crippen molar-refractivity contribution in [3.05, 3.63) is 47.4 Å². The first-order valence-electron chi connectivity index (χ1n) is 9.85. The van der Waals surface area contributed by atoms with Gasteiger partial charge in [-0.25, -0.2) is 9.97 Å². The molecule has 1 aliphatic rings. The lowest BCUT2D eigenvalue weighted by Crippen LogP contribution is -2.49. The van der Waals surface area contributed by atoms with Gasteiger partial charge in [0.1, 0.15) is 11.6 Å². The summed E-state index contributed by atoms with van der Waals surface area (Å²) in [5, 5.41) is 2.79. The van der Waals surface area contributed by atoms with Gasteiger partial charge < -0.3 is 16.0 Å². The van der Waals surface area contributed by atoms with Crippen LogP contribution in [-0.2, 0) is 4.79 Å². The fourth-order valence-corrected chi connectivity index (χ4v) is 3.33. The van der Waals surface area contributed by atoms with Crippen molar-refractivity contribution in [2.24, 2.45) is 5.73 Å². The van der Waals surface area contributed by atoms with Crippen LogP contribution >= 0.6 is 0 Å². The maximum Gasteiger partial charge on any atom is 0.250 e. The number of para-hydroxylation sites is 1. The second-order valence-corrected chi connectivity index (χ2v) is 7.60. The van der Waals surface area contributed by atoms with Crippen LogP contribution in [0.3, 0.4) is 0 Å². The minimum Gasteiger partial charge on any atom is -0.366 e. The molecule has 29 heavy (non-hydrogen) atoms. The summed E-state index contributed by atoms with van der Waals surface area (Å²) < 4.78 is 0. The first kappa shape index (κ1) is 20.7. The van der Waals surface area contributed by atoms with E-state index in [1.165, 1.54) is 0 Å². The molecule has 0 unspecified atom stereocenters. The monoisotopic (exact) mass is 396 g/mol. The van der Waals surface area contributed by atoms with E-state index in [1.54, 1.807) is 24.3 Å². The molecular formula is C21H28N6O2. The molecule has 1 saturated heterocycles. The van der Waals surface area contributed by atoms with Gasteiger partial charge in [0.2, 0.25) is 5.91 Å². The molecule has 1 aromatic carbocycles. The Morgan fingerprint density at radius 1 is 1.14 bits per heavy atom. The van der Waals surface area contributed by atoms with Gasteiger partial charge in [-0.15, -0.1) is 0 Å². The molecule has 1 aliphatic heterocycles. The van der Waals surface area contributed by atoms with E-state index < -0.39 is 5.91 Å². The summed E-state index contributed by atoms with van der Waals surface area (Å²) in [4.78, 5) is 37.5. The number of nitrogens with one attached hydrogen (secondary N) is 1. The number of amides is 2. The lowest BCUT2D eigenvalue weighted by Gasteiger charge is -2.35. The number of hydrogen-bond donors (Lipinski definition) is 2. The van der Waals surface area contributed by atoms with Crippen LogP contribution in [0.25, 0.3) is 0 Å². The quantitative estimate of drug-likeness (QED) is 0.771. The van der Waals surface area contributed by atoms with E-state index in [0.717, 1.165) is 43.5 Å². The third-order valence-electron chi connectivity index (χ3n) is 4.90. The van der Waals surface area contributed by atoms with Gasteiger partial charge in [-0.05, 0) is 19.1 Å². The molecule has 1 fully saturated rings. The molecular weight excluding hydrogens is 368 g/mol. The first-order chi connectivity index (χ1) is 13.8. The summed E-state index contributed by atoms with van der Waals surface area (Å²) in [5.74, 6) is 1.36. The number of benzene rings is 1. The number of anilines is 2. The normalized spacial score (nSPS) is 14.8. The summed E-state index contributed by atoms with van der Waals surface area (Å²) in [5.41, 5.74) is 7.09. The van der Waals surface area contributed by atoms with E-state index >= 15 is 0 Å². The van der Waals surface area contributed by atoms with E-state index in [-0.39, 0.29) is 18.4 Å². The Labute approximate surface area is 171 Å². The zero-order chi connectivity index (χ0) is 21.0. The van der Waals surface area contributed by atoms with Gasteiger partial charge in [0.25, 0.3) is 5.91 Å². The Kier molecular flexibility index (Phi) is 6.43. The van der Waals surface area contributed by atoms with Crippen molar-refractivity contribution in [3.8, 4) is 0 Å². The van der Waals surface area contributed by atoms with Crippen LogP contribution in [0.1, 0.15) is 41.6 Å². The first-order valence-corrected chi connectivity index (χ1v) is 9.85. The average molecular weight is 396 g/mol. The van der Waals surface area contributed by atoms with E-state index in [0.29, 0.717) is 11.3 Å². The van der Waals surface area contributed by atoms with E-state index in [1.807, 2.05) is 13.0 Å². The second kappa shape index (κ2) is 9.00. The molecule has 0 atom stereocenters. The highest BCUT2D eigenvalue weighted by molar-refractivity contribution is 6.03. The third kappa shape index (κ3) is 5.29. The molecule has 0 radical (unpaired) electrons. The van der Waals surface area contributed by atoms with E-state index in [2.05, 4.69) is 33.9 Å². The number of aromatic nitrogens is 2. The van der Waals surface area contributed by atoms with Gasteiger partial charge in [-0.2, -0.15) is 0 Å². The second-order valence-electron chi connectivity index (χ2n) is 7.60. The van der Waals surface area contributed by atoms with Crippen molar-refractivity contribution in [1.82, 2.24) is 14.9 Å². The van der Waals surface area contributed by atoms with Crippen LogP contribution in [0.2, 0.25) is 0 Å². The number of carbonyl (C=O) groups is 2. The van der Waals surface area contributed by atoms with Crippen molar-refractivity contribution in [1.29, 1.82) is 0 Å². The maximum absolute atomic E-state index is 12.4. The van der Waals surface area contributed by atoms with Gasteiger partial charge in [0, 0.05) is 43.9 Å². The number of piperazine rings is 1. The van der Waals surface area contributed by atoms with Crippen LogP contribution < -0.4 is 16.0 Å². The molecule has 0 aliphatic carbocycles. The number of aryl methyl sites for hydroxylation is 1. The van der Waals surface area contributed by atoms with Gasteiger partial charge in [-0.3, -0.25) is 14.5 Å². The lowest BCUT2D eigenvalue weighted by atomic mass is 10.1. The Bertz CT molecular complexity index is 890. The Hall–Kier alpha value is -3.00. The predicted octanol–water partition coefficient (Wildman–Crippen LogP) is 1.77. The van der Waals surface area contributed by atoms with Crippen molar-refractivity contribution in [2.75, 3.05) is 42.9 Å². The largest absolute Gasteiger partial charge is 0.366 e. The van der Waals surface area contributed by atoms with Gasteiger partial charge in [0.05, 0.1) is 17.8 Å². The zero-order valence-electron chi connectivity index (χ0n) is 17.2. The van der Waals surface area contributed by atoms with E-state index in [4.69, 9.17) is 10.7 Å². The third-order valence-corrected chi connectivity index (χ3v) is 4.90. The topological polar surface area (TPSA) is 104 Å². The number of nitrogens with zero attached hydrogens (tertiary/aromatic N) is 4. The number of nitrogens with two attached hydrogens (primary N) is 1. The number of primary amides is 1. The van der Waals surface area contributed by atoms with Crippen LogP contribution in [0, 0.1) is 6.92 Å². The van der Waals surface area contributed by atoms with Crippen LogP contribution in [0.5, 0.6) is 0 Å². The molecule has 2 aromatic rings. The summed E-state index contributed by atoms with van der Waals surface area (Å²) in [6, 6.07) is 8.77. The molecule has 1 aromatic heterocycles.